The summed E-state index contributed by atoms with van der Waals surface area (Å²) in [6.45, 7) is 5.00. The molecule has 4 N–H and O–H groups in total. The van der Waals surface area contributed by atoms with Crippen LogP contribution < -0.4 is 25.6 Å². The number of rotatable bonds is 17. The van der Waals surface area contributed by atoms with Crippen LogP contribution in [0.25, 0.3) is 0 Å². The highest BCUT2D eigenvalue weighted by Crippen LogP contribution is 2.33. The topological polar surface area (TPSA) is 149 Å². The summed E-state index contributed by atoms with van der Waals surface area (Å²) < 4.78 is 50.7. The van der Waals surface area contributed by atoms with Crippen LogP contribution in [0.4, 0.5) is 15.8 Å². The average molecular weight is 785 g/mol. The van der Waals surface area contributed by atoms with Crippen LogP contribution in [-0.4, -0.2) is 81.9 Å². The van der Waals surface area contributed by atoms with Crippen molar-refractivity contribution in [3.05, 3.63) is 131 Å². The van der Waals surface area contributed by atoms with Gasteiger partial charge in [-0.15, -0.1) is 0 Å². The molecule has 0 aromatic heterocycles. The van der Waals surface area contributed by atoms with Crippen LogP contribution in [0.2, 0.25) is 0 Å². The van der Waals surface area contributed by atoms with Crippen LogP contribution in [0, 0.1) is 11.7 Å². The fourth-order valence-electron chi connectivity index (χ4n) is 6.45. The number of morpholine rings is 1. The fourth-order valence-corrected chi connectivity index (χ4v) is 8.06. The Morgan fingerprint density at radius 1 is 0.821 bits per heavy atom. The zero-order chi connectivity index (χ0) is 39.7. The molecule has 1 aliphatic carbocycles. The number of hydrogen-bond acceptors (Lipinski definition) is 7. The summed E-state index contributed by atoms with van der Waals surface area (Å²) >= 11 is 0. The third-order valence-electron chi connectivity index (χ3n) is 9.90. The van der Waals surface area contributed by atoms with Crippen LogP contribution in [0.15, 0.2) is 103 Å². The van der Waals surface area contributed by atoms with Gasteiger partial charge in [0.15, 0.2) is 0 Å². The Morgan fingerprint density at radius 3 is 2.05 bits per heavy atom. The second kappa shape index (κ2) is 18.7. The lowest BCUT2D eigenvalue weighted by molar-refractivity contribution is -0.122. The van der Waals surface area contributed by atoms with E-state index < -0.39 is 46.0 Å². The van der Waals surface area contributed by atoms with Crippen LogP contribution >= 0.6 is 0 Å². The summed E-state index contributed by atoms with van der Waals surface area (Å²) in [5.41, 5.74) is 1.99. The summed E-state index contributed by atoms with van der Waals surface area (Å²) in [7, 11) is -4.34. The van der Waals surface area contributed by atoms with E-state index in [0.717, 1.165) is 40.4 Å². The Labute approximate surface area is 328 Å². The Kier molecular flexibility index (Phi) is 13.5. The Morgan fingerprint density at radius 2 is 1.43 bits per heavy atom. The fraction of sp³-hybridized carbons (Fsp3) is 0.357. The van der Waals surface area contributed by atoms with Gasteiger partial charge >= 0.3 is 10.2 Å². The summed E-state index contributed by atoms with van der Waals surface area (Å²) in [6.07, 6.45) is 2.65. The molecule has 0 radical (unpaired) electrons. The third-order valence-corrected chi connectivity index (χ3v) is 11.8. The summed E-state index contributed by atoms with van der Waals surface area (Å²) in [5.74, 6) is -1.25. The smallest absolute Gasteiger partial charge is 0.308 e. The number of anilines is 2. The van der Waals surface area contributed by atoms with Gasteiger partial charge in [-0.2, -0.15) is 12.7 Å². The van der Waals surface area contributed by atoms with Gasteiger partial charge in [-0.25, -0.2) is 8.70 Å². The first-order valence-electron chi connectivity index (χ1n) is 19.0. The van der Waals surface area contributed by atoms with Crippen molar-refractivity contribution in [2.45, 2.75) is 51.2 Å². The van der Waals surface area contributed by atoms with Gasteiger partial charge < -0.3 is 26.0 Å². The maximum absolute atomic E-state index is 14.4. The SMILES string of the molecule is C[C@H](NC[C@H](Cc1ccccc1)NC(=O)c1cc(C(=O)N[C@H](C)c2ccccc2)cc(N(c2ccc(F)cc2)S(=O)(=O)N2CCOCC2)c1)C(=O)NCC1CC1. The highest BCUT2D eigenvalue weighted by atomic mass is 32.2. The van der Waals surface area contributed by atoms with Crippen molar-refractivity contribution in [3.8, 4) is 0 Å². The third kappa shape index (κ3) is 10.8. The highest BCUT2D eigenvalue weighted by molar-refractivity contribution is 7.90. The van der Waals surface area contributed by atoms with Crippen molar-refractivity contribution in [1.82, 2.24) is 25.6 Å². The van der Waals surface area contributed by atoms with Gasteiger partial charge in [-0.3, -0.25) is 14.4 Å². The molecule has 1 saturated carbocycles. The summed E-state index contributed by atoms with van der Waals surface area (Å²) in [6, 6.07) is 26.7. The molecule has 4 aromatic carbocycles. The number of hydrogen-bond donors (Lipinski definition) is 4. The lowest BCUT2D eigenvalue weighted by Crippen LogP contribution is -2.49. The molecular weight excluding hydrogens is 736 g/mol. The molecule has 0 spiro atoms. The zero-order valence-corrected chi connectivity index (χ0v) is 32.4. The predicted molar refractivity (Wildman–Crippen MR) is 213 cm³/mol. The van der Waals surface area contributed by atoms with E-state index in [0.29, 0.717) is 18.9 Å². The van der Waals surface area contributed by atoms with Crippen molar-refractivity contribution < 1.29 is 31.9 Å². The molecule has 12 nitrogen and oxygen atoms in total. The minimum atomic E-state index is -4.34. The van der Waals surface area contributed by atoms with Gasteiger partial charge in [0.25, 0.3) is 11.8 Å². The van der Waals surface area contributed by atoms with Crippen molar-refractivity contribution in [2.75, 3.05) is 43.7 Å². The van der Waals surface area contributed by atoms with E-state index >= 15 is 0 Å². The average Bonchev–Trinajstić information content (AvgIpc) is 4.05. The van der Waals surface area contributed by atoms with E-state index in [4.69, 9.17) is 4.74 Å². The van der Waals surface area contributed by atoms with Crippen LogP contribution in [-0.2, 0) is 26.2 Å². The van der Waals surface area contributed by atoms with E-state index in [-0.39, 0.29) is 61.3 Å². The van der Waals surface area contributed by atoms with Gasteiger partial charge in [0.2, 0.25) is 5.91 Å². The second-order valence-electron chi connectivity index (χ2n) is 14.3. The maximum Gasteiger partial charge on any atom is 0.308 e. The van der Waals surface area contributed by atoms with E-state index in [1.54, 1.807) is 6.92 Å². The van der Waals surface area contributed by atoms with Crippen molar-refractivity contribution in [1.29, 1.82) is 0 Å². The monoisotopic (exact) mass is 784 g/mol. The molecule has 1 aliphatic heterocycles. The normalized spacial score (nSPS) is 16.3. The van der Waals surface area contributed by atoms with Crippen molar-refractivity contribution in [2.24, 2.45) is 5.92 Å². The Bertz CT molecular complexity index is 2060. The number of carbonyl (C=O) groups excluding carboxylic acids is 3. The van der Waals surface area contributed by atoms with Crippen LogP contribution in [0.1, 0.15) is 64.6 Å². The first-order chi connectivity index (χ1) is 27.0. The Hall–Kier alpha value is -5.15. The van der Waals surface area contributed by atoms with E-state index in [2.05, 4.69) is 21.3 Å². The molecule has 3 amide bonds. The van der Waals surface area contributed by atoms with Gasteiger partial charge in [-0.05, 0) is 92.6 Å². The number of carbonyl (C=O) groups is 3. The van der Waals surface area contributed by atoms with Gasteiger partial charge in [0.05, 0.1) is 36.7 Å². The van der Waals surface area contributed by atoms with Crippen molar-refractivity contribution >= 4 is 39.3 Å². The molecule has 6 rings (SSSR count). The molecule has 3 atom stereocenters. The molecule has 0 unspecified atom stereocenters. The highest BCUT2D eigenvalue weighted by Gasteiger charge is 2.34. The molecule has 56 heavy (non-hydrogen) atoms. The molecule has 4 aromatic rings. The molecule has 2 fully saturated rings. The van der Waals surface area contributed by atoms with E-state index in [9.17, 15) is 27.2 Å². The molecule has 14 heteroatoms. The number of nitrogens with one attached hydrogen (secondary N) is 4. The molecule has 296 valence electrons. The zero-order valence-electron chi connectivity index (χ0n) is 31.6. The Balaban J connectivity index is 1.35. The van der Waals surface area contributed by atoms with Crippen molar-refractivity contribution in [3.63, 3.8) is 0 Å². The quantitative estimate of drug-likeness (QED) is 0.119. The summed E-state index contributed by atoms with van der Waals surface area (Å²) in [4.78, 5) is 41.1. The second-order valence-corrected chi connectivity index (χ2v) is 16.1. The number of amides is 3. The molecule has 2 aliphatic rings. The molecule has 1 heterocycles. The first-order valence-corrected chi connectivity index (χ1v) is 20.4. The number of benzene rings is 4. The predicted octanol–water partition coefficient (Wildman–Crippen LogP) is 4.88. The number of ether oxygens (including phenoxy) is 1. The standard InChI is InChI=1S/C42H49FN6O6S/c1-29(33-11-7-4-8-12-33)46-41(51)34-24-35(26-39(25-34)49(38-17-15-36(43)16-18-38)56(53,54)48-19-21-55-22-20-48)42(52)47-37(23-31-9-5-3-6-10-31)28-44-30(2)40(50)45-27-32-13-14-32/h3-12,15-18,24-26,29-30,32,37,44H,13-14,19-23,27-28H2,1-2H3,(H,45,50)(H,46,51)(H,47,52)/t29-,30+,37+/m1/s1. The molecular formula is C42H49FN6O6S. The molecule has 0 bridgehead atoms. The molecule has 1 saturated heterocycles. The van der Waals surface area contributed by atoms with Crippen LogP contribution in [0.3, 0.4) is 0 Å². The summed E-state index contributed by atoms with van der Waals surface area (Å²) in [5, 5.41) is 12.3. The minimum Gasteiger partial charge on any atom is -0.379 e. The van der Waals surface area contributed by atoms with Gasteiger partial charge in [-0.1, -0.05) is 60.7 Å². The van der Waals surface area contributed by atoms with Gasteiger partial charge in [0, 0.05) is 43.3 Å². The minimum absolute atomic E-state index is 0.00644. The lowest BCUT2D eigenvalue weighted by atomic mass is 10.0. The van der Waals surface area contributed by atoms with Gasteiger partial charge in [0.1, 0.15) is 5.82 Å². The van der Waals surface area contributed by atoms with Crippen LogP contribution in [0.5, 0.6) is 0 Å². The first kappa shape index (κ1) is 40.5. The van der Waals surface area contributed by atoms with E-state index in [1.807, 2.05) is 67.6 Å². The van der Waals surface area contributed by atoms with E-state index in [1.165, 1.54) is 34.6 Å². The largest absolute Gasteiger partial charge is 0.379 e. The lowest BCUT2D eigenvalue weighted by Gasteiger charge is -2.33. The maximum atomic E-state index is 14.4. The number of nitrogens with zero attached hydrogens (tertiary/aromatic N) is 2. The number of halogens is 1.